The van der Waals surface area contributed by atoms with Gasteiger partial charge in [-0.3, -0.25) is 9.52 Å². The summed E-state index contributed by atoms with van der Waals surface area (Å²) in [6.07, 6.45) is 2.26. The smallest absolute Gasteiger partial charge is 0.263 e. The van der Waals surface area contributed by atoms with E-state index in [0.717, 1.165) is 12.1 Å². The van der Waals surface area contributed by atoms with Gasteiger partial charge in [0.15, 0.2) is 11.7 Å². The molecule has 2 heterocycles. The molecule has 1 aliphatic heterocycles. The topological polar surface area (TPSA) is 101 Å². The van der Waals surface area contributed by atoms with E-state index in [0.29, 0.717) is 24.0 Å². The Kier molecular flexibility index (Phi) is 7.01. The molecule has 2 aromatic carbocycles. The molecule has 1 fully saturated rings. The van der Waals surface area contributed by atoms with Crippen LogP contribution in [0, 0.1) is 5.82 Å². The van der Waals surface area contributed by atoms with Crippen molar-refractivity contribution in [2.24, 2.45) is 0 Å². The van der Waals surface area contributed by atoms with Crippen LogP contribution < -0.4 is 19.7 Å². The minimum absolute atomic E-state index is 0. The first kappa shape index (κ1) is 23.3. The number of amides is 1. The van der Waals surface area contributed by atoms with Crippen LogP contribution in [0.2, 0.25) is 5.02 Å². The molecule has 4 rings (SSSR count). The van der Waals surface area contributed by atoms with Crippen LogP contribution in [0.25, 0.3) is 0 Å². The van der Waals surface area contributed by atoms with Gasteiger partial charge in [-0.2, -0.15) is 0 Å². The first-order chi connectivity index (χ1) is 15.8. The van der Waals surface area contributed by atoms with Crippen molar-refractivity contribution in [2.45, 2.75) is 17.4 Å². The number of anilines is 2. The van der Waals surface area contributed by atoms with Gasteiger partial charge in [-0.25, -0.2) is 17.8 Å². The van der Waals surface area contributed by atoms with Crippen LogP contribution in [-0.4, -0.2) is 45.0 Å². The summed E-state index contributed by atoms with van der Waals surface area (Å²) in [4.78, 5) is 18.4. The molecule has 178 valence electrons. The number of carbonyl (C=O) groups excluding carboxylic acids is 1. The normalized spacial score (nSPS) is 15.9. The summed E-state index contributed by atoms with van der Waals surface area (Å²) in [5, 5.41) is 4.84. The highest BCUT2D eigenvalue weighted by Gasteiger charge is 2.25. The van der Waals surface area contributed by atoms with Crippen LogP contribution in [0.3, 0.4) is 0 Å². The summed E-state index contributed by atoms with van der Waals surface area (Å²) in [6.45, 7) is 1.08. The Balaban J connectivity index is 0.00000216. The molecule has 1 aromatic heterocycles. The molecular formula is C21H24ClFN4O4S2. The predicted molar refractivity (Wildman–Crippen MR) is 129 cm³/mol. The van der Waals surface area contributed by atoms with E-state index in [-0.39, 0.29) is 31.3 Å². The van der Waals surface area contributed by atoms with Crippen molar-refractivity contribution in [1.29, 1.82) is 0 Å². The maximum absolute atomic E-state index is 13.2. The third kappa shape index (κ3) is 5.92. The monoisotopic (exact) mass is 514 g/mol. The fourth-order valence-electron chi connectivity index (χ4n) is 3.38. The van der Waals surface area contributed by atoms with Crippen LogP contribution in [0.1, 0.15) is 9.27 Å². The summed E-state index contributed by atoms with van der Waals surface area (Å²) in [6, 6.07) is 10.4. The van der Waals surface area contributed by atoms with E-state index >= 15 is 0 Å². The maximum Gasteiger partial charge on any atom is 0.263 e. The molecule has 0 spiro atoms. The van der Waals surface area contributed by atoms with Gasteiger partial charge in [0.2, 0.25) is 0 Å². The molecule has 0 aliphatic carbocycles. The third-order valence-electron chi connectivity index (χ3n) is 4.98. The van der Waals surface area contributed by atoms with Crippen molar-refractivity contribution in [2.75, 3.05) is 29.3 Å². The Morgan fingerprint density at radius 3 is 2.79 bits per heavy atom. The zero-order valence-corrected chi connectivity index (χ0v) is 19.6. The first-order valence-corrected chi connectivity index (χ1v) is 12.7. The number of hydrogen-bond donors (Lipinski definition) is 2. The molecule has 0 bridgehead atoms. The molecule has 33 heavy (non-hydrogen) atoms. The Hall–Kier alpha value is -2.89. The van der Waals surface area contributed by atoms with Crippen molar-refractivity contribution < 1.29 is 25.2 Å². The Morgan fingerprint density at radius 2 is 2.09 bits per heavy atom. The third-order valence-corrected chi connectivity index (χ3v) is 7.44. The quantitative estimate of drug-likeness (QED) is 0.471. The highest BCUT2D eigenvalue weighted by molar-refractivity contribution is 7.93. The molecular weight excluding hydrogens is 491 g/mol. The number of sulfonamides is 1. The molecule has 1 atom stereocenters. The zero-order chi connectivity index (χ0) is 23.4. The molecule has 0 unspecified atom stereocenters. The fourth-order valence-corrected chi connectivity index (χ4v) is 5.34. The number of nitrogens with one attached hydrogen (secondary N) is 2. The lowest BCUT2D eigenvalue weighted by Crippen LogP contribution is -2.39. The summed E-state index contributed by atoms with van der Waals surface area (Å²) < 4.78 is 45.9. The average Bonchev–Trinajstić information content (AvgIpc) is 3.47. The van der Waals surface area contributed by atoms with Crippen LogP contribution in [0.5, 0.6) is 5.75 Å². The Labute approximate surface area is 202 Å². The van der Waals surface area contributed by atoms with E-state index < -0.39 is 15.8 Å². The number of hydrogen-bond acceptors (Lipinski definition) is 7. The number of halogens is 2. The number of carbonyl (C=O) groups is 1. The lowest BCUT2D eigenvalue weighted by atomic mass is 10.2. The second-order valence-electron chi connectivity index (χ2n) is 7.30. The fraction of sp³-hybridized carbons (Fsp3) is 0.238. The summed E-state index contributed by atoms with van der Waals surface area (Å²) in [5.41, 5.74) is 0.858. The number of aromatic nitrogens is 1. The standard InChI is InChI=1S/C21H20ClFN4O4S2.2H2/c22-18-11-16(3-6-19(18)23)31-13-20(28)25-14-7-9-27(12-14)15-1-4-17(5-2-15)33(29,30)26-21-24-8-10-32-21;;/h1-6,8,10-11,14H,7,9,12-13H2,(H,24,26)(H,25,28);2*1H/t14-;;/m0../s1. The molecule has 1 saturated heterocycles. The van der Waals surface area contributed by atoms with Crippen molar-refractivity contribution in [1.82, 2.24) is 10.3 Å². The van der Waals surface area contributed by atoms with Gasteiger partial charge in [0.05, 0.1) is 9.92 Å². The van der Waals surface area contributed by atoms with Gasteiger partial charge >= 0.3 is 0 Å². The number of nitrogens with zero attached hydrogens (tertiary/aromatic N) is 2. The highest BCUT2D eigenvalue weighted by atomic mass is 35.5. The van der Waals surface area contributed by atoms with Crippen LogP contribution in [0.15, 0.2) is 58.9 Å². The molecule has 2 N–H and O–H groups in total. The van der Waals surface area contributed by atoms with Gasteiger partial charge < -0.3 is 15.0 Å². The lowest BCUT2D eigenvalue weighted by molar-refractivity contribution is -0.123. The van der Waals surface area contributed by atoms with Crippen LogP contribution in [0.4, 0.5) is 15.2 Å². The van der Waals surface area contributed by atoms with E-state index in [1.165, 1.54) is 35.7 Å². The molecule has 1 aliphatic rings. The van der Waals surface area contributed by atoms with E-state index in [1.54, 1.807) is 29.6 Å². The number of benzene rings is 2. The number of thiazole rings is 1. The lowest BCUT2D eigenvalue weighted by Gasteiger charge is -2.19. The van der Waals surface area contributed by atoms with E-state index in [2.05, 4.69) is 19.9 Å². The Bertz CT molecular complexity index is 1230. The van der Waals surface area contributed by atoms with Gasteiger partial charge in [0, 0.05) is 45.3 Å². The van der Waals surface area contributed by atoms with Gasteiger partial charge in [-0.15, -0.1) is 11.3 Å². The number of ether oxygens (including phenoxy) is 1. The molecule has 12 heteroatoms. The average molecular weight is 515 g/mol. The SMILES string of the molecule is O=C(COc1ccc(F)c(Cl)c1)N[C@H]1CCN(c2ccc(S(=O)(=O)Nc3nccs3)cc2)C1.[HH].[HH]. The zero-order valence-electron chi connectivity index (χ0n) is 17.2. The molecule has 0 radical (unpaired) electrons. The highest BCUT2D eigenvalue weighted by Crippen LogP contribution is 2.24. The van der Waals surface area contributed by atoms with Gasteiger partial charge in [-0.1, -0.05) is 11.6 Å². The summed E-state index contributed by atoms with van der Waals surface area (Å²) in [5.74, 6) is -0.540. The van der Waals surface area contributed by atoms with Crippen molar-refractivity contribution in [3.05, 3.63) is 64.9 Å². The molecule has 3 aromatic rings. The van der Waals surface area contributed by atoms with Crippen LogP contribution in [-0.2, 0) is 14.8 Å². The summed E-state index contributed by atoms with van der Waals surface area (Å²) >= 11 is 6.91. The molecule has 1 amide bonds. The van der Waals surface area contributed by atoms with E-state index in [4.69, 9.17) is 16.3 Å². The van der Waals surface area contributed by atoms with Crippen molar-refractivity contribution in [3.8, 4) is 5.75 Å². The first-order valence-electron chi connectivity index (χ1n) is 9.95. The van der Waals surface area contributed by atoms with Crippen molar-refractivity contribution >= 4 is 49.7 Å². The molecule has 8 nitrogen and oxygen atoms in total. The number of rotatable bonds is 8. The van der Waals surface area contributed by atoms with Crippen molar-refractivity contribution in [3.63, 3.8) is 0 Å². The summed E-state index contributed by atoms with van der Waals surface area (Å²) in [7, 11) is -3.71. The van der Waals surface area contributed by atoms with Gasteiger partial charge in [0.1, 0.15) is 11.6 Å². The van der Waals surface area contributed by atoms with Gasteiger partial charge in [0.25, 0.3) is 15.9 Å². The maximum atomic E-state index is 13.2. The van der Waals surface area contributed by atoms with E-state index in [9.17, 15) is 17.6 Å². The largest absolute Gasteiger partial charge is 0.484 e. The van der Waals surface area contributed by atoms with E-state index in [1.807, 2.05) is 0 Å². The Morgan fingerprint density at radius 1 is 1.30 bits per heavy atom. The minimum atomic E-state index is -3.71. The van der Waals surface area contributed by atoms with Crippen LogP contribution >= 0.6 is 22.9 Å². The predicted octanol–water partition coefficient (Wildman–Crippen LogP) is 4.00. The van der Waals surface area contributed by atoms with Gasteiger partial charge in [-0.05, 0) is 42.8 Å². The molecule has 0 saturated carbocycles. The second kappa shape index (κ2) is 9.94. The second-order valence-corrected chi connectivity index (χ2v) is 10.3. The minimum Gasteiger partial charge on any atom is -0.484 e.